The fourth-order valence-electron chi connectivity index (χ4n) is 3.95. The first-order chi connectivity index (χ1) is 12.5. The predicted molar refractivity (Wildman–Crippen MR) is 95.9 cm³/mol. The summed E-state index contributed by atoms with van der Waals surface area (Å²) in [6.45, 7) is 2.68. The number of aliphatic hydroxyl groups excluding tert-OH is 2. The quantitative estimate of drug-likeness (QED) is 0.809. The largest absolute Gasteiger partial charge is 0.493 e. The van der Waals surface area contributed by atoms with E-state index in [1.54, 1.807) is 21.3 Å². The summed E-state index contributed by atoms with van der Waals surface area (Å²) in [7, 11) is 4.85. The molecule has 0 amide bonds. The second-order valence-electron chi connectivity index (χ2n) is 7.10. The van der Waals surface area contributed by atoms with Gasteiger partial charge in [0.15, 0.2) is 11.5 Å². The Labute approximate surface area is 154 Å². The van der Waals surface area contributed by atoms with Gasteiger partial charge in [-0.25, -0.2) is 0 Å². The monoisotopic (exact) mass is 367 g/mol. The van der Waals surface area contributed by atoms with E-state index < -0.39 is 12.2 Å². The zero-order valence-corrected chi connectivity index (χ0v) is 15.7. The molecule has 2 aliphatic heterocycles. The van der Waals surface area contributed by atoms with Gasteiger partial charge in [0.2, 0.25) is 5.75 Å². The molecule has 2 N–H and O–H groups in total. The van der Waals surface area contributed by atoms with Gasteiger partial charge in [0.25, 0.3) is 0 Å². The molecule has 0 bridgehead atoms. The first kappa shape index (κ1) is 19.2. The average Bonchev–Trinajstić information content (AvgIpc) is 2.66. The van der Waals surface area contributed by atoms with Crippen molar-refractivity contribution in [3.63, 3.8) is 0 Å². The number of aliphatic hydroxyl groups is 2. The van der Waals surface area contributed by atoms with Crippen LogP contribution < -0.4 is 14.2 Å². The van der Waals surface area contributed by atoms with E-state index in [1.807, 2.05) is 12.1 Å². The van der Waals surface area contributed by atoms with Crippen molar-refractivity contribution in [3.05, 3.63) is 17.7 Å². The number of hydrogen-bond acceptors (Lipinski definition) is 7. The van der Waals surface area contributed by atoms with E-state index in [2.05, 4.69) is 4.90 Å². The van der Waals surface area contributed by atoms with E-state index in [9.17, 15) is 10.2 Å². The molecule has 2 saturated heterocycles. The number of methoxy groups -OCH3 is 3. The Bertz CT molecular complexity index is 614. The molecule has 0 saturated carbocycles. The molecule has 0 aliphatic carbocycles. The van der Waals surface area contributed by atoms with Crippen molar-refractivity contribution in [3.8, 4) is 17.2 Å². The van der Waals surface area contributed by atoms with Crippen LogP contribution in [-0.2, 0) is 11.3 Å². The third-order valence-electron chi connectivity index (χ3n) is 5.53. The van der Waals surface area contributed by atoms with Gasteiger partial charge in [-0.3, -0.25) is 4.90 Å². The zero-order valence-electron chi connectivity index (χ0n) is 15.7. The molecule has 1 spiro atoms. The number of rotatable bonds is 5. The van der Waals surface area contributed by atoms with Gasteiger partial charge in [-0.2, -0.15) is 0 Å². The molecular weight excluding hydrogens is 338 g/mol. The minimum atomic E-state index is -0.769. The van der Waals surface area contributed by atoms with Crippen LogP contribution in [0.5, 0.6) is 17.2 Å². The minimum absolute atomic E-state index is 0.213. The summed E-state index contributed by atoms with van der Waals surface area (Å²) in [5, 5.41) is 19.7. The molecule has 2 heterocycles. The average molecular weight is 367 g/mol. The number of piperidine rings is 1. The lowest BCUT2D eigenvalue weighted by molar-refractivity contribution is -0.188. The Hall–Kier alpha value is -1.54. The molecule has 146 valence electrons. The molecule has 2 fully saturated rings. The number of likely N-dealkylation sites (tertiary alicyclic amines) is 1. The molecule has 0 radical (unpaired) electrons. The van der Waals surface area contributed by atoms with Crippen LogP contribution in [0.25, 0.3) is 0 Å². The SMILES string of the molecule is COc1ccc(CN2CCC3(CC2)C[C@@H](O)[C@@H](O)CO3)c(OC)c1OC. The van der Waals surface area contributed by atoms with E-state index in [0.717, 1.165) is 38.0 Å². The van der Waals surface area contributed by atoms with Crippen molar-refractivity contribution in [2.45, 2.75) is 43.6 Å². The molecule has 1 aromatic carbocycles. The van der Waals surface area contributed by atoms with Gasteiger partial charge in [-0.05, 0) is 18.9 Å². The Kier molecular flexibility index (Phi) is 5.92. The van der Waals surface area contributed by atoms with Crippen molar-refractivity contribution in [2.24, 2.45) is 0 Å². The maximum Gasteiger partial charge on any atom is 0.203 e. The van der Waals surface area contributed by atoms with Crippen LogP contribution in [0.3, 0.4) is 0 Å². The van der Waals surface area contributed by atoms with Crippen molar-refractivity contribution >= 4 is 0 Å². The van der Waals surface area contributed by atoms with Gasteiger partial charge in [-0.1, -0.05) is 6.07 Å². The predicted octanol–water partition coefficient (Wildman–Crippen LogP) is 1.19. The molecule has 2 aliphatic rings. The van der Waals surface area contributed by atoms with Crippen LogP contribution in [0.1, 0.15) is 24.8 Å². The maximum absolute atomic E-state index is 9.99. The molecule has 26 heavy (non-hydrogen) atoms. The molecule has 7 heteroatoms. The first-order valence-corrected chi connectivity index (χ1v) is 9.02. The van der Waals surface area contributed by atoms with Crippen LogP contribution in [0, 0.1) is 0 Å². The fraction of sp³-hybridized carbons (Fsp3) is 0.684. The topological polar surface area (TPSA) is 80.6 Å². The van der Waals surface area contributed by atoms with E-state index >= 15 is 0 Å². The van der Waals surface area contributed by atoms with Gasteiger partial charge >= 0.3 is 0 Å². The second kappa shape index (κ2) is 8.00. The maximum atomic E-state index is 9.99. The molecule has 3 rings (SSSR count). The van der Waals surface area contributed by atoms with Crippen LogP contribution in [0.4, 0.5) is 0 Å². The molecular formula is C19H29NO6. The second-order valence-corrected chi connectivity index (χ2v) is 7.10. The van der Waals surface area contributed by atoms with Crippen LogP contribution >= 0.6 is 0 Å². The summed E-state index contributed by atoms with van der Waals surface area (Å²) in [4.78, 5) is 2.34. The lowest BCUT2D eigenvalue weighted by Crippen LogP contribution is -2.54. The van der Waals surface area contributed by atoms with E-state index in [4.69, 9.17) is 18.9 Å². The van der Waals surface area contributed by atoms with Gasteiger partial charge in [-0.15, -0.1) is 0 Å². The van der Waals surface area contributed by atoms with Crippen molar-refractivity contribution in [1.82, 2.24) is 4.90 Å². The Morgan fingerprint density at radius 2 is 1.73 bits per heavy atom. The lowest BCUT2D eigenvalue weighted by atomic mass is 9.82. The number of hydrogen-bond donors (Lipinski definition) is 2. The highest BCUT2D eigenvalue weighted by Gasteiger charge is 2.42. The molecule has 0 aromatic heterocycles. The third-order valence-corrected chi connectivity index (χ3v) is 5.53. The van der Waals surface area contributed by atoms with Gasteiger partial charge in [0.05, 0.1) is 39.6 Å². The van der Waals surface area contributed by atoms with Gasteiger partial charge in [0.1, 0.15) is 6.10 Å². The van der Waals surface area contributed by atoms with Gasteiger partial charge in [0, 0.05) is 31.6 Å². The zero-order chi connectivity index (χ0) is 18.7. The van der Waals surface area contributed by atoms with Crippen molar-refractivity contribution < 1.29 is 29.2 Å². The molecule has 2 atom stereocenters. The third kappa shape index (κ3) is 3.76. The van der Waals surface area contributed by atoms with Crippen LogP contribution in [-0.4, -0.2) is 73.9 Å². The standard InChI is InChI=1S/C19H29NO6/c1-23-16-5-4-13(17(24-2)18(16)25-3)11-20-8-6-19(7-9-20)10-14(21)15(22)12-26-19/h4-5,14-15,21-22H,6-12H2,1-3H3/t14-,15+/m1/s1. The number of ether oxygens (including phenoxy) is 4. The van der Waals surface area contributed by atoms with E-state index in [1.165, 1.54) is 0 Å². The van der Waals surface area contributed by atoms with E-state index in [-0.39, 0.29) is 12.2 Å². The number of nitrogens with zero attached hydrogens (tertiary/aromatic N) is 1. The Morgan fingerprint density at radius 1 is 1.04 bits per heavy atom. The summed E-state index contributed by atoms with van der Waals surface area (Å²) < 4.78 is 22.3. The summed E-state index contributed by atoms with van der Waals surface area (Å²) in [5.41, 5.74) is 0.734. The summed E-state index contributed by atoms with van der Waals surface area (Å²) >= 11 is 0. The Morgan fingerprint density at radius 3 is 2.31 bits per heavy atom. The number of benzene rings is 1. The van der Waals surface area contributed by atoms with Crippen LogP contribution in [0.15, 0.2) is 12.1 Å². The van der Waals surface area contributed by atoms with Crippen molar-refractivity contribution in [2.75, 3.05) is 41.0 Å². The highest BCUT2D eigenvalue weighted by Crippen LogP contribution is 2.41. The normalized spacial score (nSPS) is 25.9. The summed E-state index contributed by atoms with van der Waals surface area (Å²) in [5.74, 6) is 1.95. The van der Waals surface area contributed by atoms with Crippen molar-refractivity contribution in [1.29, 1.82) is 0 Å². The van der Waals surface area contributed by atoms with E-state index in [0.29, 0.717) is 23.7 Å². The highest BCUT2D eigenvalue weighted by atomic mass is 16.5. The molecule has 7 nitrogen and oxygen atoms in total. The smallest absolute Gasteiger partial charge is 0.203 e. The summed E-state index contributed by atoms with van der Waals surface area (Å²) in [6, 6.07) is 3.89. The molecule has 1 aromatic rings. The first-order valence-electron chi connectivity index (χ1n) is 9.02. The summed E-state index contributed by atoms with van der Waals surface area (Å²) in [6.07, 6.45) is 0.719. The fourth-order valence-corrected chi connectivity index (χ4v) is 3.95. The lowest BCUT2D eigenvalue weighted by Gasteiger charge is -2.46. The van der Waals surface area contributed by atoms with Crippen LogP contribution in [0.2, 0.25) is 0 Å². The minimum Gasteiger partial charge on any atom is -0.493 e. The van der Waals surface area contributed by atoms with Gasteiger partial charge < -0.3 is 29.2 Å². The Balaban J connectivity index is 1.66. The molecule has 0 unspecified atom stereocenters. The highest BCUT2D eigenvalue weighted by molar-refractivity contribution is 5.55.